The summed E-state index contributed by atoms with van der Waals surface area (Å²) in [5.41, 5.74) is 2.54. The highest BCUT2D eigenvalue weighted by molar-refractivity contribution is 5.91. The number of hydrogen-bond donors (Lipinski definition) is 2. The molecule has 3 aromatic rings. The third kappa shape index (κ3) is 5.48. The number of carboxylic acid groups (broad SMARTS) is 1. The summed E-state index contributed by atoms with van der Waals surface area (Å²) in [4.78, 5) is 22.1. The lowest BCUT2D eigenvalue weighted by atomic mass is 9.70. The number of amides is 1. The predicted molar refractivity (Wildman–Crippen MR) is 135 cm³/mol. The van der Waals surface area contributed by atoms with Crippen LogP contribution in [0.3, 0.4) is 0 Å². The van der Waals surface area contributed by atoms with E-state index < -0.39 is 6.09 Å². The molecule has 1 aromatic heterocycles. The smallest absolute Gasteiger partial charge is 0.404 e. The van der Waals surface area contributed by atoms with Crippen molar-refractivity contribution in [2.75, 3.05) is 0 Å². The van der Waals surface area contributed by atoms with Crippen molar-refractivity contribution in [3.8, 4) is 17.4 Å². The largest absolute Gasteiger partial charge is 0.490 e. The zero-order valence-corrected chi connectivity index (χ0v) is 20.7. The summed E-state index contributed by atoms with van der Waals surface area (Å²) in [6.07, 6.45) is 2.26. The lowest BCUT2D eigenvalue weighted by molar-refractivity contribution is 0.0833. The predicted octanol–water partition coefficient (Wildman–Crippen LogP) is 5.76. The molecule has 1 fully saturated rings. The van der Waals surface area contributed by atoms with E-state index in [9.17, 15) is 9.59 Å². The van der Waals surface area contributed by atoms with Gasteiger partial charge < -0.3 is 19.9 Å². The van der Waals surface area contributed by atoms with Crippen LogP contribution < -0.4 is 14.8 Å². The first-order valence-electron chi connectivity index (χ1n) is 12.2. The summed E-state index contributed by atoms with van der Waals surface area (Å²) in [6.45, 7) is 5.83. The van der Waals surface area contributed by atoms with Gasteiger partial charge >= 0.3 is 6.09 Å². The molecule has 0 unspecified atom stereocenters. The Balaban J connectivity index is 1.44. The van der Waals surface area contributed by atoms with E-state index in [2.05, 4.69) is 53.6 Å². The molecule has 4 rings (SSSR count). The van der Waals surface area contributed by atoms with Gasteiger partial charge in [-0.3, -0.25) is 4.79 Å². The van der Waals surface area contributed by atoms with Crippen LogP contribution in [0.1, 0.15) is 68.1 Å². The second kappa shape index (κ2) is 10.8. The molecule has 1 aliphatic rings. The lowest BCUT2D eigenvalue weighted by Crippen LogP contribution is -2.48. The fourth-order valence-electron chi connectivity index (χ4n) is 4.76. The van der Waals surface area contributed by atoms with Gasteiger partial charge in [-0.15, -0.1) is 10.2 Å². The van der Waals surface area contributed by atoms with Crippen LogP contribution in [0.2, 0.25) is 0 Å². The fourth-order valence-corrected chi connectivity index (χ4v) is 4.76. The Labute approximate surface area is 210 Å². The first kappa shape index (κ1) is 25.2. The van der Waals surface area contributed by atoms with E-state index in [0.29, 0.717) is 30.2 Å². The van der Waals surface area contributed by atoms with Crippen LogP contribution in [-0.2, 0) is 5.41 Å². The number of ether oxygens (including phenoxy) is 2. The maximum absolute atomic E-state index is 11.4. The van der Waals surface area contributed by atoms with Crippen LogP contribution in [0.4, 0.5) is 4.79 Å². The molecule has 8 nitrogen and oxygen atoms in total. The molecular formula is C28H31N3O5. The standard InChI is InChI=1S/C28H31N3O5/c1-4-28(5-2,19-6-10-22(11-7-19)35-24-16-21(17-24)29-27(33)34)20-8-12-23(13-9-20)36-26-15-14-25(18(3)32)30-31-26/h6-15,21,24,29H,4-5,16-17H2,1-3H3,(H,33,34). The number of aromatic nitrogens is 2. The van der Waals surface area contributed by atoms with Crippen LogP contribution in [0.15, 0.2) is 60.7 Å². The van der Waals surface area contributed by atoms with Gasteiger partial charge in [0.2, 0.25) is 5.88 Å². The maximum Gasteiger partial charge on any atom is 0.404 e. The number of carbonyl (C=O) groups is 2. The quantitative estimate of drug-likeness (QED) is 0.349. The number of carbonyl (C=O) groups excluding carboxylic acids is 1. The lowest BCUT2D eigenvalue weighted by Gasteiger charge is -2.35. The van der Waals surface area contributed by atoms with E-state index in [-0.39, 0.29) is 23.3 Å². The molecule has 1 aliphatic carbocycles. The minimum absolute atomic E-state index is 0.0292. The van der Waals surface area contributed by atoms with Crippen molar-refractivity contribution in [2.45, 2.75) is 64.0 Å². The molecule has 188 valence electrons. The summed E-state index contributed by atoms with van der Waals surface area (Å²) in [5, 5.41) is 19.1. The van der Waals surface area contributed by atoms with Gasteiger partial charge in [-0.05, 0) is 54.3 Å². The van der Waals surface area contributed by atoms with E-state index in [0.717, 1.165) is 18.6 Å². The van der Waals surface area contributed by atoms with E-state index in [4.69, 9.17) is 14.6 Å². The number of nitrogens with zero attached hydrogens (tertiary/aromatic N) is 2. The zero-order valence-electron chi connectivity index (χ0n) is 20.7. The van der Waals surface area contributed by atoms with Gasteiger partial charge in [0.25, 0.3) is 0 Å². The Hall–Kier alpha value is -3.94. The number of rotatable bonds is 10. The summed E-state index contributed by atoms with van der Waals surface area (Å²) in [7, 11) is 0. The van der Waals surface area contributed by atoms with Crippen molar-refractivity contribution < 1.29 is 24.2 Å². The molecule has 1 amide bonds. The van der Waals surface area contributed by atoms with E-state index >= 15 is 0 Å². The second-order valence-corrected chi connectivity index (χ2v) is 9.11. The maximum atomic E-state index is 11.4. The molecule has 0 spiro atoms. The highest BCUT2D eigenvalue weighted by Gasteiger charge is 2.33. The minimum Gasteiger partial charge on any atom is -0.490 e. The molecule has 1 saturated carbocycles. The van der Waals surface area contributed by atoms with Crippen molar-refractivity contribution in [3.63, 3.8) is 0 Å². The summed E-state index contributed by atoms with van der Waals surface area (Å²) < 4.78 is 11.8. The van der Waals surface area contributed by atoms with E-state index in [1.807, 2.05) is 24.3 Å². The van der Waals surface area contributed by atoms with Crippen LogP contribution in [0, 0.1) is 0 Å². The highest BCUT2D eigenvalue weighted by atomic mass is 16.5. The van der Waals surface area contributed by atoms with Gasteiger partial charge in [-0.2, -0.15) is 0 Å². The molecule has 2 N–H and O–H groups in total. The summed E-state index contributed by atoms with van der Waals surface area (Å²) in [6, 6.07) is 19.4. The Morgan fingerprint density at radius 1 is 0.917 bits per heavy atom. The Bertz CT molecular complexity index is 1180. The summed E-state index contributed by atoms with van der Waals surface area (Å²) >= 11 is 0. The Morgan fingerprint density at radius 2 is 1.50 bits per heavy atom. The van der Waals surface area contributed by atoms with E-state index in [1.54, 1.807) is 12.1 Å². The SMILES string of the molecule is CCC(CC)(c1ccc(Oc2ccc(C(C)=O)nn2)cc1)c1ccc(OC2CC(NC(=O)O)C2)cc1. The fraction of sp³-hybridized carbons (Fsp3) is 0.357. The number of nitrogens with one attached hydrogen (secondary N) is 1. The second-order valence-electron chi connectivity index (χ2n) is 9.11. The molecular weight excluding hydrogens is 458 g/mol. The first-order valence-corrected chi connectivity index (χ1v) is 12.2. The number of benzene rings is 2. The van der Waals surface area contributed by atoms with Gasteiger partial charge in [-0.25, -0.2) is 4.79 Å². The monoisotopic (exact) mass is 489 g/mol. The number of ketones is 1. The molecule has 0 saturated heterocycles. The van der Waals surface area contributed by atoms with Crippen molar-refractivity contribution in [3.05, 3.63) is 77.5 Å². The van der Waals surface area contributed by atoms with Crippen molar-refractivity contribution in [1.82, 2.24) is 15.5 Å². The third-order valence-electron chi connectivity index (χ3n) is 6.97. The average Bonchev–Trinajstić information content (AvgIpc) is 2.85. The van der Waals surface area contributed by atoms with Crippen LogP contribution in [0.25, 0.3) is 0 Å². The van der Waals surface area contributed by atoms with Crippen molar-refractivity contribution in [2.24, 2.45) is 0 Å². The average molecular weight is 490 g/mol. The zero-order chi connectivity index (χ0) is 25.7. The Kier molecular flexibility index (Phi) is 7.52. The Morgan fingerprint density at radius 3 is 1.97 bits per heavy atom. The molecule has 1 heterocycles. The van der Waals surface area contributed by atoms with Gasteiger partial charge in [0.05, 0.1) is 0 Å². The molecule has 0 aliphatic heterocycles. The molecule has 2 aromatic carbocycles. The molecule has 0 atom stereocenters. The van der Waals surface area contributed by atoms with Crippen LogP contribution in [0.5, 0.6) is 17.4 Å². The minimum atomic E-state index is -0.991. The van der Waals surface area contributed by atoms with Gasteiger partial charge in [0.1, 0.15) is 23.3 Å². The van der Waals surface area contributed by atoms with Gasteiger partial charge in [-0.1, -0.05) is 38.1 Å². The van der Waals surface area contributed by atoms with Crippen molar-refractivity contribution >= 4 is 11.9 Å². The van der Waals surface area contributed by atoms with Gasteiger partial charge in [0, 0.05) is 37.3 Å². The molecule has 0 bridgehead atoms. The normalized spacial score (nSPS) is 17.1. The molecule has 8 heteroatoms. The number of Topliss-reactive ketones (excluding diaryl/α,β-unsaturated/α-hetero) is 1. The highest BCUT2D eigenvalue weighted by Crippen LogP contribution is 2.40. The van der Waals surface area contributed by atoms with Crippen LogP contribution in [-0.4, -0.2) is 39.3 Å². The number of hydrogen-bond acceptors (Lipinski definition) is 6. The van der Waals surface area contributed by atoms with Gasteiger partial charge in [0.15, 0.2) is 5.78 Å². The van der Waals surface area contributed by atoms with E-state index in [1.165, 1.54) is 18.1 Å². The summed E-state index contributed by atoms with van der Waals surface area (Å²) in [5.74, 6) is 1.62. The van der Waals surface area contributed by atoms with Crippen LogP contribution >= 0.6 is 0 Å². The molecule has 36 heavy (non-hydrogen) atoms. The topological polar surface area (TPSA) is 111 Å². The first-order chi connectivity index (χ1) is 17.3. The molecule has 0 radical (unpaired) electrons. The third-order valence-corrected chi connectivity index (χ3v) is 6.97. The van der Waals surface area contributed by atoms with Crippen molar-refractivity contribution in [1.29, 1.82) is 0 Å².